The number of hydrogen-bond donors (Lipinski definition) is 0. The summed E-state index contributed by atoms with van der Waals surface area (Å²) in [7, 11) is 0. The van der Waals surface area contributed by atoms with Crippen molar-refractivity contribution in [2.45, 2.75) is 329 Å². The molecule has 6 nitrogen and oxygen atoms in total. The molecule has 1 unspecified atom stereocenters. The molecule has 6 heteroatoms. The molecule has 0 aliphatic heterocycles. The fraction of sp³-hybridized carbons (Fsp3) is 0.883. The van der Waals surface area contributed by atoms with Crippen molar-refractivity contribution in [1.29, 1.82) is 0 Å². The molecule has 0 fully saturated rings. The van der Waals surface area contributed by atoms with Crippen LogP contribution in [0, 0.1) is 0 Å². The molecular formula is C60H112O6. The van der Waals surface area contributed by atoms with Crippen LogP contribution in [0.1, 0.15) is 323 Å². The van der Waals surface area contributed by atoms with E-state index in [1.54, 1.807) is 0 Å². The lowest BCUT2D eigenvalue weighted by Gasteiger charge is -2.18. The fourth-order valence-corrected chi connectivity index (χ4v) is 8.79. The molecule has 0 aliphatic carbocycles. The highest BCUT2D eigenvalue weighted by Gasteiger charge is 2.19. The summed E-state index contributed by atoms with van der Waals surface area (Å²) < 4.78 is 16.9. The Balaban J connectivity index is 4.29. The van der Waals surface area contributed by atoms with Gasteiger partial charge in [-0.05, 0) is 44.9 Å². The average molecular weight is 930 g/mol. The van der Waals surface area contributed by atoms with Crippen LogP contribution in [0.4, 0.5) is 0 Å². The molecule has 0 spiro atoms. The Morgan fingerprint density at radius 3 is 0.833 bits per heavy atom. The molecule has 388 valence electrons. The number of allylic oxidation sites excluding steroid dienone is 4. The third-order valence-electron chi connectivity index (χ3n) is 13.2. The van der Waals surface area contributed by atoms with Gasteiger partial charge in [-0.1, -0.05) is 283 Å². The number of esters is 3. The predicted octanol–water partition coefficient (Wildman–Crippen LogP) is 19.5. The van der Waals surface area contributed by atoms with Crippen LogP contribution in [-0.4, -0.2) is 37.2 Å². The van der Waals surface area contributed by atoms with E-state index >= 15 is 0 Å². The van der Waals surface area contributed by atoms with E-state index in [4.69, 9.17) is 14.2 Å². The van der Waals surface area contributed by atoms with Crippen molar-refractivity contribution in [3.8, 4) is 0 Å². The summed E-state index contributed by atoms with van der Waals surface area (Å²) in [5.41, 5.74) is 0. The van der Waals surface area contributed by atoms with E-state index in [1.807, 2.05) is 0 Å². The Hall–Kier alpha value is -2.11. The third-order valence-corrected chi connectivity index (χ3v) is 13.2. The molecule has 0 amide bonds. The summed E-state index contributed by atoms with van der Waals surface area (Å²) in [6.07, 6.45) is 64.5. The van der Waals surface area contributed by atoms with Gasteiger partial charge in [-0.15, -0.1) is 0 Å². The van der Waals surface area contributed by atoms with Crippen molar-refractivity contribution in [3.05, 3.63) is 24.3 Å². The molecule has 0 aromatic heterocycles. The van der Waals surface area contributed by atoms with Crippen molar-refractivity contribution in [1.82, 2.24) is 0 Å². The summed E-state index contributed by atoms with van der Waals surface area (Å²) >= 11 is 0. The maximum absolute atomic E-state index is 12.9. The van der Waals surface area contributed by atoms with E-state index in [9.17, 15) is 14.4 Å². The molecule has 0 saturated carbocycles. The molecule has 0 bridgehead atoms. The van der Waals surface area contributed by atoms with Crippen LogP contribution < -0.4 is 0 Å². The van der Waals surface area contributed by atoms with Crippen molar-refractivity contribution in [2.24, 2.45) is 0 Å². The molecule has 0 N–H and O–H groups in total. The van der Waals surface area contributed by atoms with Crippen LogP contribution in [0.25, 0.3) is 0 Å². The largest absolute Gasteiger partial charge is 0.462 e. The Morgan fingerprint density at radius 1 is 0.303 bits per heavy atom. The number of carbonyl (C=O) groups excluding carboxylic acids is 3. The van der Waals surface area contributed by atoms with Crippen LogP contribution in [0.3, 0.4) is 0 Å². The second-order valence-electron chi connectivity index (χ2n) is 20.0. The summed E-state index contributed by atoms with van der Waals surface area (Å²) in [6, 6.07) is 0. The van der Waals surface area contributed by atoms with Gasteiger partial charge in [-0.2, -0.15) is 0 Å². The summed E-state index contributed by atoms with van der Waals surface area (Å²) in [5.74, 6) is -0.848. The number of ether oxygens (including phenoxy) is 3. The lowest BCUT2D eigenvalue weighted by Crippen LogP contribution is -2.30. The molecule has 0 aromatic rings. The van der Waals surface area contributed by atoms with Gasteiger partial charge in [0.2, 0.25) is 0 Å². The lowest BCUT2D eigenvalue weighted by atomic mass is 10.0. The number of rotatable bonds is 54. The first-order chi connectivity index (χ1) is 32.5. The monoisotopic (exact) mass is 929 g/mol. The molecule has 0 aliphatic rings. The average Bonchev–Trinajstić information content (AvgIpc) is 3.31. The van der Waals surface area contributed by atoms with Gasteiger partial charge in [0, 0.05) is 19.3 Å². The second-order valence-corrected chi connectivity index (χ2v) is 20.0. The van der Waals surface area contributed by atoms with Crippen LogP contribution in [0.15, 0.2) is 24.3 Å². The minimum absolute atomic E-state index is 0.0664. The van der Waals surface area contributed by atoms with E-state index in [-0.39, 0.29) is 31.1 Å². The zero-order chi connectivity index (χ0) is 47.9. The van der Waals surface area contributed by atoms with E-state index in [2.05, 4.69) is 45.1 Å². The minimum Gasteiger partial charge on any atom is -0.462 e. The first-order valence-corrected chi connectivity index (χ1v) is 29.4. The molecule has 66 heavy (non-hydrogen) atoms. The number of hydrogen-bond acceptors (Lipinski definition) is 6. The highest BCUT2D eigenvalue weighted by molar-refractivity contribution is 5.71. The van der Waals surface area contributed by atoms with E-state index in [0.717, 1.165) is 57.8 Å². The maximum Gasteiger partial charge on any atom is 0.306 e. The summed E-state index contributed by atoms with van der Waals surface area (Å²) in [6.45, 7) is 6.66. The number of unbranched alkanes of at least 4 members (excludes halogenated alkanes) is 40. The molecule has 0 aromatic carbocycles. The quantitative estimate of drug-likeness (QED) is 0.0262. The van der Waals surface area contributed by atoms with Gasteiger partial charge in [0.25, 0.3) is 0 Å². The maximum atomic E-state index is 12.9. The van der Waals surface area contributed by atoms with Crippen molar-refractivity contribution < 1.29 is 28.6 Å². The SMILES string of the molecule is CCCCC/C=C\C=C/CCCCCCCCCCCCC(=O)OCC(COC(=O)CCCCCCCCCCCCCC)OC(=O)CCCCCCCCCCCCCCCCCCC. The zero-order valence-corrected chi connectivity index (χ0v) is 44.5. The van der Waals surface area contributed by atoms with Crippen LogP contribution in [0.5, 0.6) is 0 Å². The Labute approximate surface area is 411 Å². The lowest BCUT2D eigenvalue weighted by molar-refractivity contribution is -0.167. The van der Waals surface area contributed by atoms with Crippen molar-refractivity contribution >= 4 is 17.9 Å². The van der Waals surface area contributed by atoms with Gasteiger partial charge in [-0.3, -0.25) is 14.4 Å². The van der Waals surface area contributed by atoms with Crippen LogP contribution >= 0.6 is 0 Å². The normalized spacial score (nSPS) is 12.1. The highest BCUT2D eigenvalue weighted by atomic mass is 16.6. The van der Waals surface area contributed by atoms with Crippen LogP contribution in [-0.2, 0) is 28.6 Å². The Morgan fingerprint density at radius 2 is 0.530 bits per heavy atom. The van der Waals surface area contributed by atoms with E-state index in [0.29, 0.717) is 19.3 Å². The van der Waals surface area contributed by atoms with Gasteiger partial charge in [0.05, 0.1) is 0 Å². The molecule has 0 saturated heterocycles. The van der Waals surface area contributed by atoms with E-state index in [1.165, 1.54) is 225 Å². The minimum atomic E-state index is -0.767. The Kier molecular flexibility index (Phi) is 53.7. The van der Waals surface area contributed by atoms with Gasteiger partial charge in [-0.25, -0.2) is 0 Å². The standard InChI is InChI=1S/C60H112O6/c1-4-7-10-13-16-19-22-25-27-29-30-32-33-35-38-41-44-47-50-53-59(62)65-56-57(55-64-58(61)52-49-46-43-40-37-24-21-18-15-12-9-6-3)66-60(63)54-51-48-45-42-39-36-34-31-28-26-23-20-17-14-11-8-5-2/h16,19,22,25,57H,4-15,17-18,20-21,23-24,26-56H2,1-3H3/b19-16-,25-22-. The van der Waals surface area contributed by atoms with E-state index < -0.39 is 6.10 Å². The van der Waals surface area contributed by atoms with Gasteiger partial charge < -0.3 is 14.2 Å². The van der Waals surface area contributed by atoms with Crippen molar-refractivity contribution in [2.75, 3.05) is 13.2 Å². The summed E-state index contributed by atoms with van der Waals surface area (Å²) in [4.78, 5) is 38.1. The van der Waals surface area contributed by atoms with Crippen molar-refractivity contribution in [3.63, 3.8) is 0 Å². The predicted molar refractivity (Wildman–Crippen MR) is 284 cm³/mol. The molecular weight excluding hydrogens is 817 g/mol. The summed E-state index contributed by atoms with van der Waals surface area (Å²) in [5, 5.41) is 0. The molecule has 0 heterocycles. The van der Waals surface area contributed by atoms with Gasteiger partial charge in [0.15, 0.2) is 6.10 Å². The second kappa shape index (κ2) is 55.5. The van der Waals surface area contributed by atoms with Gasteiger partial charge >= 0.3 is 17.9 Å². The first kappa shape index (κ1) is 63.9. The Bertz CT molecular complexity index is 1070. The smallest absolute Gasteiger partial charge is 0.306 e. The molecule has 0 radical (unpaired) electrons. The number of carbonyl (C=O) groups is 3. The van der Waals surface area contributed by atoms with Crippen LogP contribution in [0.2, 0.25) is 0 Å². The zero-order valence-electron chi connectivity index (χ0n) is 44.5. The highest BCUT2D eigenvalue weighted by Crippen LogP contribution is 2.17. The third kappa shape index (κ3) is 52.9. The molecule has 1 atom stereocenters. The fourth-order valence-electron chi connectivity index (χ4n) is 8.79. The first-order valence-electron chi connectivity index (χ1n) is 29.4. The topological polar surface area (TPSA) is 78.9 Å². The molecule has 0 rings (SSSR count). The van der Waals surface area contributed by atoms with Gasteiger partial charge in [0.1, 0.15) is 13.2 Å².